The Morgan fingerprint density at radius 1 is 0.727 bits per heavy atom. The molecule has 7 nitrogen and oxygen atoms in total. The van der Waals surface area contributed by atoms with Crippen LogP contribution in [-0.4, -0.2) is 30.3 Å². The number of ether oxygens (including phenoxy) is 1. The summed E-state index contributed by atoms with van der Waals surface area (Å²) in [5, 5.41) is 5.03. The fourth-order valence-electron chi connectivity index (χ4n) is 3.16. The first-order valence-electron chi connectivity index (χ1n) is 10.4. The van der Waals surface area contributed by atoms with E-state index in [0.717, 1.165) is 11.1 Å². The molecule has 0 saturated heterocycles. The predicted molar refractivity (Wildman–Crippen MR) is 122 cm³/mol. The minimum atomic E-state index is -0.714. The number of rotatable bonds is 9. The molecule has 3 rings (SSSR count). The average Bonchev–Trinajstić information content (AvgIpc) is 2.84. The van der Waals surface area contributed by atoms with E-state index in [0.29, 0.717) is 5.56 Å². The van der Waals surface area contributed by atoms with Gasteiger partial charge in [-0.15, -0.1) is 0 Å². The monoisotopic (exact) mass is 444 g/mol. The van der Waals surface area contributed by atoms with Gasteiger partial charge < -0.3 is 10.1 Å². The Bertz CT molecular complexity index is 1090. The zero-order valence-electron chi connectivity index (χ0n) is 17.9. The van der Waals surface area contributed by atoms with Gasteiger partial charge in [0.1, 0.15) is 0 Å². The molecule has 3 aromatic carbocycles. The normalized spacial score (nSPS) is 11.2. The molecule has 3 aromatic rings. The summed E-state index contributed by atoms with van der Waals surface area (Å²) in [6.07, 6.45) is -0.129. The quantitative estimate of drug-likeness (QED) is 0.494. The number of carbonyl (C=O) groups excluding carboxylic acids is 4. The van der Waals surface area contributed by atoms with Crippen molar-refractivity contribution in [1.29, 1.82) is 0 Å². The molecule has 0 unspecified atom stereocenters. The van der Waals surface area contributed by atoms with E-state index in [-0.39, 0.29) is 18.7 Å². The highest BCUT2D eigenvalue weighted by Crippen LogP contribution is 2.18. The molecule has 3 amide bonds. The lowest BCUT2D eigenvalue weighted by Crippen LogP contribution is -2.36. The van der Waals surface area contributed by atoms with Crippen molar-refractivity contribution in [2.45, 2.75) is 18.9 Å². The minimum Gasteiger partial charge on any atom is -0.455 e. The number of amides is 3. The van der Waals surface area contributed by atoms with Crippen LogP contribution in [0.5, 0.6) is 0 Å². The van der Waals surface area contributed by atoms with E-state index in [1.165, 1.54) is 0 Å². The molecule has 0 aliphatic rings. The van der Waals surface area contributed by atoms with E-state index < -0.39 is 30.4 Å². The smallest absolute Gasteiger partial charge is 0.308 e. The van der Waals surface area contributed by atoms with Gasteiger partial charge in [0.2, 0.25) is 5.91 Å². The van der Waals surface area contributed by atoms with Crippen LogP contribution in [0.15, 0.2) is 91.0 Å². The van der Waals surface area contributed by atoms with Crippen molar-refractivity contribution >= 4 is 23.7 Å². The zero-order valence-corrected chi connectivity index (χ0v) is 17.9. The summed E-state index contributed by atoms with van der Waals surface area (Å²) in [4.78, 5) is 48.9. The highest BCUT2D eigenvalue weighted by atomic mass is 16.5. The van der Waals surface area contributed by atoms with Crippen molar-refractivity contribution in [2.24, 2.45) is 0 Å². The van der Waals surface area contributed by atoms with Gasteiger partial charge in [-0.3, -0.25) is 24.5 Å². The molecule has 0 bridgehead atoms. The van der Waals surface area contributed by atoms with Crippen molar-refractivity contribution in [2.75, 3.05) is 6.61 Å². The van der Waals surface area contributed by atoms with E-state index in [4.69, 9.17) is 4.74 Å². The second kappa shape index (κ2) is 12.0. The lowest BCUT2D eigenvalue weighted by molar-refractivity contribution is -0.150. The number of carbonyl (C=O) groups is 4. The Labute approximate surface area is 191 Å². The Morgan fingerprint density at radius 3 is 1.94 bits per heavy atom. The largest absolute Gasteiger partial charge is 0.455 e. The van der Waals surface area contributed by atoms with Gasteiger partial charge in [-0.1, -0.05) is 78.9 Å². The topological polar surface area (TPSA) is 102 Å². The van der Waals surface area contributed by atoms with E-state index in [9.17, 15) is 19.2 Å². The molecule has 0 aromatic heterocycles. The van der Waals surface area contributed by atoms with Gasteiger partial charge in [0, 0.05) is 5.56 Å². The molecule has 1 atom stereocenters. The van der Waals surface area contributed by atoms with Crippen molar-refractivity contribution in [3.05, 3.63) is 108 Å². The summed E-state index contributed by atoms with van der Waals surface area (Å²) in [6.45, 7) is -0.590. The standard InChI is InChI=1S/C26H24N2O5/c29-23(16-19-10-4-1-5-11-19)28-24(30)18-33-25(31)17-22(20-12-6-2-7-13-20)27-26(32)21-14-8-3-9-15-21/h1-15,22H,16-18H2,(H,27,32)(H,28,29,30)/t22-/m1/s1. The van der Waals surface area contributed by atoms with Crippen LogP contribution in [0.25, 0.3) is 0 Å². The first-order valence-corrected chi connectivity index (χ1v) is 10.4. The van der Waals surface area contributed by atoms with E-state index in [1.807, 2.05) is 12.1 Å². The Kier molecular flexibility index (Phi) is 8.48. The van der Waals surface area contributed by atoms with Crippen LogP contribution >= 0.6 is 0 Å². The van der Waals surface area contributed by atoms with E-state index >= 15 is 0 Å². The summed E-state index contributed by atoms with van der Waals surface area (Å²) < 4.78 is 5.04. The van der Waals surface area contributed by atoms with Gasteiger partial charge in [0.15, 0.2) is 6.61 Å². The fourth-order valence-corrected chi connectivity index (χ4v) is 3.16. The van der Waals surface area contributed by atoms with E-state index in [1.54, 1.807) is 78.9 Å². The third-order valence-electron chi connectivity index (χ3n) is 4.76. The molecular formula is C26H24N2O5. The van der Waals surface area contributed by atoms with Crippen LogP contribution in [0.1, 0.15) is 33.9 Å². The van der Waals surface area contributed by atoms with Gasteiger partial charge in [-0.25, -0.2) is 0 Å². The van der Waals surface area contributed by atoms with E-state index in [2.05, 4.69) is 10.6 Å². The van der Waals surface area contributed by atoms with Crippen molar-refractivity contribution in [1.82, 2.24) is 10.6 Å². The van der Waals surface area contributed by atoms with Gasteiger partial charge in [0.05, 0.1) is 18.9 Å². The van der Waals surface area contributed by atoms with Gasteiger partial charge >= 0.3 is 5.97 Å². The number of hydrogen-bond acceptors (Lipinski definition) is 5. The molecular weight excluding hydrogens is 420 g/mol. The summed E-state index contributed by atoms with van der Waals surface area (Å²) in [6, 6.07) is 26.0. The molecule has 168 valence electrons. The maximum absolute atomic E-state index is 12.6. The van der Waals surface area contributed by atoms with Crippen LogP contribution in [-0.2, 0) is 25.5 Å². The number of hydrogen-bond donors (Lipinski definition) is 2. The molecule has 0 fully saturated rings. The number of esters is 1. The second-order valence-electron chi connectivity index (χ2n) is 7.30. The number of nitrogens with one attached hydrogen (secondary N) is 2. The Hall–Kier alpha value is -4.26. The molecule has 0 saturated carbocycles. The first-order chi connectivity index (χ1) is 16.0. The maximum atomic E-state index is 12.6. The predicted octanol–water partition coefficient (Wildman–Crippen LogP) is 2.98. The molecule has 33 heavy (non-hydrogen) atoms. The Morgan fingerprint density at radius 2 is 1.30 bits per heavy atom. The number of imide groups is 1. The highest BCUT2D eigenvalue weighted by Gasteiger charge is 2.21. The third-order valence-corrected chi connectivity index (χ3v) is 4.76. The minimum absolute atomic E-state index is 0.0438. The molecule has 0 aliphatic carbocycles. The summed E-state index contributed by atoms with van der Waals surface area (Å²) in [7, 11) is 0. The SMILES string of the molecule is O=C(COC(=O)C[C@@H](NC(=O)c1ccccc1)c1ccccc1)NC(=O)Cc1ccccc1. The van der Waals surface area contributed by atoms with Gasteiger partial charge in [0.25, 0.3) is 11.8 Å². The lowest BCUT2D eigenvalue weighted by atomic mass is 10.0. The molecule has 0 heterocycles. The fraction of sp³-hybridized carbons (Fsp3) is 0.154. The molecule has 7 heteroatoms. The summed E-state index contributed by atoms with van der Waals surface area (Å²) >= 11 is 0. The van der Waals surface area contributed by atoms with Crippen molar-refractivity contribution in [3.8, 4) is 0 Å². The van der Waals surface area contributed by atoms with Crippen LogP contribution in [0.4, 0.5) is 0 Å². The molecule has 0 spiro atoms. The van der Waals surface area contributed by atoms with Gasteiger partial charge in [-0.05, 0) is 23.3 Å². The lowest BCUT2D eigenvalue weighted by Gasteiger charge is -2.18. The summed E-state index contributed by atoms with van der Waals surface area (Å²) in [5.74, 6) is -2.21. The third kappa shape index (κ3) is 7.74. The highest BCUT2D eigenvalue weighted by molar-refractivity contribution is 5.97. The zero-order chi connectivity index (χ0) is 23.5. The van der Waals surface area contributed by atoms with Crippen molar-refractivity contribution < 1.29 is 23.9 Å². The molecule has 0 aliphatic heterocycles. The number of benzene rings is 3. The summed E-state index contributed by atoms with van der Waals surface area (Å²) in [5.41, 5.74) is 1.95. The van der Waals surface area contributed by atoms with Gasteiger partial charge in [-0.2, -0.15) is 0 Å². The first kappa shape index (κ1) is 23.4. The second-order valence-corrected chi connectivity index (χ2v) is 7.30. The Balaban J connectivity index is 1.53. The van der Waals surface area contributed by atoms with Crippen LogP contribution in [0.2, 0.25) is 0 Å². The molecule has 2 N–H and O–H groups in total. The van der Waals surface area contributed by atoms with Crippen LogP contribution < -0.4 is 10.6 Å². The van der Waals surface area contributed by atoms with Crippen molar-refractivity contribution in [3.63, 3.8) is 0 Å². The maximum Gasteiger partial charge on any atom is 0.308 e. The average molecular weight is 444 g/mol. The van der Waals surface area contributed by atoms with Crippen LogP contribution in [0, 0.1) is 0 Å². The van der Waals surface area contributed by atoms with Crippen LogP contribution in [0.3, 0.4) is 0 Å². The molecule has 0 radical (unpaired) electrons.